The molecule has 8 nitrogen and oxygen atoms in total. The molecule has 2 fully saturated rings. The number of carbonyl (C=O) groups is 1. The van der Waals surface area contributed by atoms with Crippen molar-refractivity contribution in [2.24, 2.45) is 0 Å². The number of carbonyl (C=O) groups excluding carboxylic acids is 1. The zero-order chi connectivity index (χ0) is 14.9. The van der Waals surface area contributed by atoms with Gasteiger partial charge in [-0.1, -0.05) is 5.16 Å². The lowest BCUT2D eigenvalue weighted by Gasteiger charge is -2.19. The summed E-state index contributed by atoms with van der Waals surface area (Å²) in [6, 6.07) is 0.344. The van der Waals surface area contributed by atoms with Gasteiger partial charge in [0.25, 0.3) is 11.7 Å². The van der Waals surface area contributed by atoms with Crippen LogP contribution in [0.15, 0.2) is 16.9 Å². The maximum Gasteiger partial charge on any atom is 0.292 e. The highest BCUT2D eigenvalue weighted by Crippen LogP contribution is 2.31. The summed E-state index contributed by atoms with van der Waals surface area (Å²) in [5.74, 6) is 1.32. The van der Waals surface area contributed by atoms with Crippen LogP contribution in [-0.4, -0.2) is 43.5 Å². The van der Waals surface area contributed by atoms with Crippen molar-refractivity contribution in [3.8, 4) is 0 Å². The number of aromatic amines is 1. The molecule has 0 bridgehead atoms. The first-order chi connectivity index (χ1) is 10.8. The smallest absolute Gasteiger partial charge is 0.292 e. The summed E-state index contributed by atoms with van der Waals surface area (Å²) in [6.45, 7) is 1.67. The van der Waals surface area contributed by atoms with Crippen LogP contribution in [0.5, 0.6) is 0 Å². The van der Waals surface area contributed by atoms with E-state index in [9.17, 15) is 4.79 Å². The summed E-state index contributed by atoms with van der Waals surface area (Å²) in [5.41, 5.74) is 0. The average molecular weight is 302 g/mol. The average Bonchev–Trinajstić information content (AvgIpc) is 2.98. The minimum Gasteiger partial charge on any atom is -0.348 e. The van der Waals surface area contributed by atoms with E-state index < -0.39 is 0 Å². The van der Waals surface area contributed by atoms with Crippen molar-refractivity contribution in [1.29, 1.82) is 0 Å². The van der Waals surface area contributed by atoms with Gasteiger partial charge in [0.05, 0.1) is 12.6 Å². The first-order valence-corrected chi connectivity index (χ1v) is 7.66. The lowest BCUT2D eigenvalue weighted by Crippen LogP contribution is -2.27. The van der Waals surface area contributed by atoms with Crippen LogP contribution in [0.1, 0.15) is 54.1 Å². The van der Waals surface area contributed by atoms with E-state index in [0.717, 1.165) is 38.1 Å². The van der Waals surface area contributed by atoms with Crippen molar-refractivity contribution in [1.82, 2.24) is 30.3 Å². The molecule has 1 aliphatic heterocycles. The Kier molecular flexibility index (Phi) is 3.38. The van der Waals surface area contributed by atoms with E-state index in [-0.39, 0.29) is 23.8 Å². The number of amides is 1. The van der Waals surface area contributed by atoms with E-state index in [2.05, 4.69) is 30.3 Å². The van der Waals surface area contributed by atoms with Gasteiger partial charge in [-0.3, -0.25) is 9.69 Å². The van der Waals surface area contributed by atoms with E-state index in [4.69, 9.17) is 4.52 Å². The largest absolute Gasteiger partial charge is 0.348 e. The molecule has 2 aromatic rings. The molecule has 1 atom stereocenters. The molecule has 2 aliphatic rings. The summed E-state index contributed by atoms with van der Waals surface area (Å²) in [4.78, 5) is 25.8. The Hall–Kier alpha value is -2.22. The number of likely N-dealkylation sites (tertiary alicyclic amines) is 1. The van der Waals surface area contributed by atoms with Gasteiger partial charge in [-0.05, 0) is 32.2 Å². The van der Waals surface area contributed by atoms with E-state index in [1.54, 1.807) is 6.20 Å². The van der Waals surface area contributed by atoms with Gasteiger partial charge >= 0.3 is 0 Å². The Morgan fingerprint density at radius 2 is 2.36 bits per heavy atom. The van der Waals surface area contributed by atoms with Crippen molar-refractivity contribution in [3.63, 3.8) is 0 Å². The molecule has 2 aromatic heterocycles. The predicted octanol–water partition coefficient (Wildman–Crippen LogP) is 1.02. The fraction of sp³-hybridized carbons (Fsp3) is 0.571. The molecule has 2 N–H and O–H groups in total. The molecule has 0 radical (unpaired) electrons. The van der Waals surface area contributed by atoms with Gasteiger partial charge in [0.1, 0.15) is 5.82 Å². The van der Waals surface area contributed by atoms with Gasteiger partial charge in [-0.25, -0.2) is 4.98 Å². The number of nitrogens with zero attached hydrogens (tertiary/aromatic N) is 4. The lowest BCUT2D eigenvalue weighted by molar-refractivity contribution is 0.0937. The second-order valence-corrected chi connectivity index (χ2v) is 5.87. The maximum absolute atomic E-state index is 11.9. The molecule has 1 amide bonds. The predicted molar refractivity (Wildman–Crippen MR) is 75.8 cm³/mol. The summed E-state index contributed by atoms with van der Waals surface area (Å²) in [6.07, 6.45) is 7.65. The van der Waals surface area contributed by atoms with Gasteiger partial charge in [-0.15, -0.1) is 0 Å². The molecule has 1 saturated carbocycles. The molecule has 1 saturated heterocycles. The Bertz CT molecular complexity index is 648. The zero-order valence-electron chi connectivity index (χ0n) is 12.2. The van der Waals surface area contributed by atoms with Crippen LogP contribution in [0.3, 0.4) is 0 Å². The quantitative estimate of drug-likeness (QED) is 0.855. The summed E-state index contributed by atoms with van der Waals surface area (Å²) in [7, 11) is 0. The number of rotatable bonds is 5. The Labute approximate surface area is 127 Å². The van der Waals surface area contributed by atoms with Crippen LogP contribution >= 0.6 is 0 Å². The number of aromatic nitrogens is 4. The van der Waals surface area contributed by atoms with Gasteiger partial charge in [0, 0.05) is 18.4 Å². The van der Waals surface area contributed by atoms with Gasteiger partial charge in [0.15, 0.2) is 0 Å². The SMILES string of the molecule is O=C(NC1CC1)c1noc([C@@H]2CCCN2Cc2ncc[nH]2)n1. The van der Waals surface area contributed by atoms with Gasteiger partial charge in [0.2, 0.25) is 5.89 Å². The van der Waals surface area contributed by atoms with Crippen LogP contribution in [0, 0.1) is 0 Å². The highest BCUT2D eigenvalue weighted by atomic mass is 16.5. The maximum atomic E-state index is 11.9. The third-order valence-corrected chi connectivity index (χ3v) is 4.11. The molecule has 22 heavy (non-hydrogen) atoms. The van der Waals surface area contributed by atoms with Crippen molar-refractivity contribution in [2.45, 2.75) is 44.3 Å². The minimum absolute atomic E-state index is 0.0556. The van der Waals surface area contributed by atoms with Crippen molar-refractivity contribution in [2.75, 3.05) is 6.54 Å². The zero-order valence-corrected chi connectivity index (χ0v) is 12.2. The van der Waals surface area contributed by atoms with E-state index >= 15 is 0 Å². The number of imidazole rings is 1. The molecule has 116 valence electrons. The Morgan fingerprint density at radius 3 is 3.14 bits per heavy atom. The molecule has 3 heterocycles. The molecule has 0 spiro atoms. The topological polar surface area (TPSA) is 99.9 Å². The first kappa shape index (κ1) is 13.4. The van der Waals surface area contributed by atoms with Gasteiger partial charge in [-0.2, -0.15) is 4.98 Å². The third-order valence-electron chi connectivity index (χ3n) is 4.11. The summed E-state index contributed by atoms with van der Waals surface area (Å²) >= 11 is 0. The van der Waals surface area contributed by atoms with Crippen LogP contribution < -0.4 is 5.32 Å². The fourth-order valence-corrected chi connectivity index (χ4v) is 2.81. The number of nitrogens with one attached hydrogen (secondary N) is 2. The van der Waals surface area contributed by atoms with E-state index in [0.29, 0.717) is 12.4 Å². The number of hydrogen-bond acceptors (Lipinski definition) is 6. The Morgan fingerprint density at radius 1 is 1.45 bits per heavy atom. The molecular weight excluding hydrogens is 284 g/mol. The van der Waals surface area contributed by atoms with Crippen LogP contribution in [-0.2, 0) is 6.54 Å². The van der Waals surface area contributed by atoms with E-state index in [1.807, 2.05) is 6.20 Å². The van der Waals surface area contributed by atoms with Gasteiger partial charge < -0.3 is 14.8 Å². The highest BCUT2D eigenvalue weighted by molar-refractivity contribution is 5.90. The van der Waals surface area contributed by atoms with Crippen LogP contribution in [0.4, 0.5) is 0 Å². The molecule has 8 heteroatoms. The number of H-pyrrole nitrogens is 1. The van der Waals surface area contributed by atoms with Crippen LogP contribution in [0.25, 0.3) is 0 Å². The molecule has 4 rings (SSSR count). The standard InChI is InChI=1S/C14H18N6O2/c21-13(17-9-3-4-9)12-18-14(22-19-12)10-2-1-7-20(10)8-11-15-5-6-16-11/h5-6,9-10H,1-4,7-8H2,(H,15,16)(H,17,21)/t10-/m0/s1. The summed E-state index contributed by atoms with van der Waals surface area (Å²) < 4.78 is 5.33. The normalized spacial score (nSPS) is 22.1. The molecule has 1 aliphatic carbocycles. The second-order valence-electron chi connectivity index (χ2n) is 5.87. The fourth-order valence-electron chi connectivity index (χ4n) is 2.81. The monoisotopic (exact) mass is 302 g/mol. The lowest BCUT2D eigenvalue weighted by atomic mass is 10.2. The molecular formula is C14H18N6O2. The first-order valence-electron chi connectivity index (χ1n) is 7.66. The minimum atomic E-state index is -0.243. The third kappa shape index (κ3) is 2.74. The van der Waals surface area contributed by atoms with Crippen LogP contribution in [0.2, 0.25) is 0 Å². The van der Waals surface area contributed by atoms with E-state index in [1.165, 1.54) is 0 Å². The van der Waals surface area contributed by atoms with Crippen molar-refractivity contribution >= 4 is 5.91 Å². The molecule has 0 aromatic carbocycles. The second kappa shape index (κ2) is 5.53. The Balaban J connectivity index is 1.45. The highest BCUT2D eigenvalue weighted by Gasteiger charge is 2.32. The molecule has 0 unspecified atom stereocenters. The summed E-state index contributed by atoms with van der Waals surface area (Å²) in [5, 5.41) is 6.69. The number of hydrogen-bond donors (Lipinski definition) is 2. The van der Waals surface area contributed by atoms with Crippen molar-refractivity contribution < 1.29 is 9.32 Å². The van der Waals surface area contributed by atoms with Crippen molar-refractivity contribution in [3.05, 3.63) is 29.9 Å².